The van der Waals surface area contributed by atoms with Gasteiger partial charge in [0.25, 0.3) is 0 Å². The fraction of sp³-hybridized carbons (Fsp3) is 0.200. The summed E-state index contributed by atoms with van der Waals surface area (Å²) in [5.74, 6) is 1.22. The molecule has 3 heterocycles. The highest BCUT2D eigenvalue weighted by atomic mass is 15.4. The molecule has 3 rings (SSSR count). The van der Waals surface area contributed by atoms with Crippen LogP contribution in [-0.4, -0.2) is 48.4 Å². The largest absolute Gasteiger partial charge is 0.375 e. The van der Waals surface area contributed by atoms with Gasteiger partial charge in [0, 0.05) is 20.3 Å². The predicted molar refractivity (Wildman–Crippen MR) is 63.5 cm³/mol. The Kier molecular flexibility index (Phi) is 1.76. The summed E-state index contributed by atoms with van der Waals surface area (Å²) in [4.78, 5) is 20.5. The molecule has 0 spiro atoms. The van der Waals surface area contributed by atoms with Crippen molar-refractivity contribution < 1.29 is 0 Å². The van der Waals surface area contributed by atoms with Crippen molar-refractivity contribution in [1.29, 1.82) is 0 Å². The standard InChI is InChI=1S/C10H10N6/c1-15(2)8-5-12-10-14-6-13-9-11-4-3-7(8)16(9)10/h3-6H,1-2H3. The number of guanidine groups is 2. The first kappa shape index (κ1) is 9.02. The van der Waals surface area contributed by atoms with Gasteiger partial charge in [0.05, 0.1) is 17.6 Å². The number of allylic oxidation sites excluding steroid dienone is 1. The fourth-order valence-electron chi connectivity index (χ4n) is 1.71. The number of hydrogen-bond donors (Lipinski definition) is 0. The molecular weight excluding hydrogens is 204 g/mol. The van der Waals surface area contributed by atoms with Gasteiger partial charge in [-0.1, -0.05) is 0 Å². The van der Waals surface area contributed by atoms with Crippen LogP contribution in [0.1, 0.15) is 0 Å². The Morgan fingerprint density at radius 2 is 1.94 bits per heavy atom. The van der Waals surface area contributed by atoms with Crippen molar-refractivity contribution in [2.45, 2.75) is 0 Å². The van der Waals surface area contributed by atoms with E-state index in [2.05, 4.69) is 20.0 Å². The number of nitrogens with zero attached hydrogens (tertiary/aromatic N) is 6. The van der Waals surface area contributed by atoms with Crippen LogP contribution in [-0.2, 0) is 0 Å². The summed E-state index contributed by atoms with van der Waals surface area (Å²) in [6.07, 6.45) is 6.95. The van der Waals surface area contributed by atoms with Crippen LogP contribution < -0.4 is 0 Å². The molecule has 6 nitrogen and oxygen atoms in total. The van der Waals surface area contributed by atoms with Gasteiger partial charge in [-0.15, -0.1) is 0 Å². The zero-order valence-electron chi connectivity index (χ0n) is 8.99. The molecule has 0 atom stereocenters. The Labute approximate surface area is 92.7 Å². The Morgan fingerprint density at radius 1 is 1.12 bits per heavy atom. The van der Waals surface area contributed by atoms with E-state index in [1.165, 1.54) is 6.34 Å². The van der Waals surface area contributed by atoms with Gasteiger partial charge >= 0.3 is 0 Å². The summed E-state index contributed by atoms with van der Waals surface area (Å²) in [5.41, 5.74) is 2.01. The van der Waals surface area contributed by atoms with Gasteiger partial charge in [0.15, 0.2) is 0 Å². The van der Waals surface area contributed by atoms with Gasteiger partial charge in [-0.2, -0.15) is 0 Å². The molecule has 80 valence electrons. The molecule has 3 aliphatic heterocycles. The van der Waals surface area contributed by atoms with E-state index in [4.69, 9.17) is 0 Å². The first-order valence-corrected chi connectivity index (χ1v) is 4.88. The lowest BCUT2D eigenvalue weighted by Crippen LogP contribution is -2.42. The normalized spacial score (nSPS) is 20.8. The van der Waals surface area contributed by atoms with Crippen LogP contribution in [0.4, 0.5) is 0 Å². The summed E-state index contributed by atoms with van der Waals surface area (Å²) in [7, 11) is 3.95. The Hall–Kier alpha value is -2.24. The predicted octanol–water partition coefficient (Wildman–Crippen LogP) is 0.427. The molecule has 6 heteroatoms. The highest BCUT2D eigenvalue weighted by Gasteiger charge is 2.30. The van der Waals surface area contributed by atoms with Crippen LogP contribution in [0.15, 0.2) is 43.6 Å². The van der Waals surface area contributed by atoms with Crippen molar-refractivity contribution in [3.05, 3.63) is 23.7 Å². The molecule has 16 heavy (non-hydrogen) atoms. The number of likely N-dealkylation sites (N-methyl/N-ethyl adjacent to an activating group) is 1. The number of rotatable bonds is 1. The van der Waals surface area contributed by atoms with Crippen molar-refractivity contribution in [1.82, 2.24) is 9.80 Å². The Bertz CT molecular complexity index is 517. The van der Waals surface area contributed by atoms with Gasteiger partial charge in [-0.05, 0) is 6.08 Å². The maximum atomic E-state index is 4.28. The Balaban J connectivity index is 2.17. The molecule has 0 saturated heterocycles. The molecule has 0 aliphatic carbocycles. The second-order valence-corrected chi connectivity index (χ2v) is 3.68. The molecule has 3 aliphatic rings. The molecule has 0 unspecified atom stereocenters. The average Bonchev–Trinajstić information content (AvgIpc) is 2.30. The van der Waals surface area contributed by atoms with Gasteiger partial charge in [-0.25, -0.2) is 24.9 Å². The zero-order valence-corrected chi connectivity index (χ0v) is 8.99. The van der Waals surface area contributed by atoms with Crippen molar-refractivity contribution in [2.75, 3.05) is 14.1 Å². The smallest absolute Gasteiger partial charge is 0.238 e. The highest BCUT2D eigenvalue weighted by molar-refractivity contribution is 6.13. The van der Waals surface area contributed by atoms with E-state index in [0.29, 0.717) is 11.9 Å². The first-order valence-electron chi connectivity index (χ1n) is 4.88. The first-order chi connectivity index (χ1) is 7.77. The quantitative estimate of drug-likeness (QED) is 0.635. The van der Waals surface area contributed by atoms with Gasteiger partial charge < -0.3 is 4.90 Å². The summed E-state index contributed by atoms with van der Waals surface area (Å²) in [6.45, 7) is 0. The summed E-state index contributed by atoms with van der Waals surface area (Å²) in [6, 6.07) is 0. The maximum absolute atomic E-state index is 4.28. The van der Waals surface area contributed by atoms with E-state index in [1.54, 1.807) is 12.4 Å². The third kappa shape index (κ3) is 1.13. The minimum absolute atomic E-state index is 0.610. The van der Waals surface area contributed by atoms with E-state index in [1.807, 2.05) is 30.0 Å². The molecule has 0 bridgehead atoms. The third-order valence-corrected chi connectivity index (χ3v) is 2.46. The van der Waals surface area contributed by atoms with E-state index < -0.39 is 0 Å². The van der Waals surface area contributed by atoms with Crippen LogP contribution in [0.5, 0.6) is 0 Å². The third-order valence-electron chi connectivity index (χ3n) is 2.46. The van der Waals surface area contributed by atoms with Crippen molar-refractivity contribution in [2.24, 2.45) is 20.0 Å². The fourth-order valence-corrected chi connectivity index (χ4v) is 1.71. The van der Waals surface area contributed by atoms with Crippen LogP contribution in [0, 0.1) is 0 Å². The van der Waals surface area contributed by atoms with E-state index in [9.17, 15) is 0 Å². The molecule has 0 saturated carbocycles. The van der Waals surface area contributed by atoms with Crippen LogP contribution in [0.3, 0.4) is 0 Å². The Morgan fingerprint density at radius 3 is 2.75 bits per heavy atom. The summed E-state index contributed by atoms with van der Waals surface area (Å²) >= 11 is 0. The highest BCUT2D eigenvalue weighted by Crippen LogP contribution is 2.26. The van der Waals surface area contributed by atoms with E-state index in [-0.39, 0.29) is 0 Å². The lowest BCUT2D eigenvalue weighted by molar-refractivity contribution is 0.490. The topological polar surface area (TPSA) is 55.9 Å². The van der Waals surface area contributed by atoms with Crippen LogP contribution in [0.25, 0.3) is 0 Å². The lowest BCUT2D eigenvalue weighted by Gasteiger charge is -2.33. The molecule has 0 radical (unpaired) electrons. The minimum Gasteiger partial charge on any atom is -0.375 e. The van der Waals surface area contributed by atoms with Crippen molar-refractivity contribution in [3.63, 3.8) is 0 Å². The molecular formula is C10H10N6. The molecule has 0 aromatic carbocycles. The molecule has 0 amide bonds. The summed E-state index contributed by atoms with van der Waals surface area (Å²) < 4.78 is 0. The van der Waals surface area contributed by atoms with Crippen molar-refractivity contribution in [3.8, 4) is 0 Å². The second kappa shape index (κ2) is 3.13. The number of aliphatic imine (C=N–C) groups is 4. The molecule has 0 N–H and O–H groups in total. The van der Waals surface area contributed by atoms with E-state index >= 15 is 0 Å². The van der Waals surface area contributed by atoms with E-state index in [0.717, 1.165) is 11.4 Å². The molecule has 0 fully saturated rings. The lowest BCUT2D eigenvalue weighted by atomic mass is 10.2. The van der Waals surface area contributed by atoms with Gasteiger partial charge in [-0.3, -0.25) is 0 Å². The SMILES string of the molecule is CN(C)C1=CN=C2N=CN=C3N=CC=C1N32. The van der Waals surface area contributed by atoms with Crippen molar-refractivity contribution >= 4 is 24.5 Å². The van der Waals surface area contributed by atoms with Gasteiger partial charge in [0.1, 0.15) is 6.34 Å². The summed E-state index contributed by atoms with van der Waals surface area (Å²) in [5, 5.41) is 0. The maximum Gasteiger partial charge on any atom is 0.238 e. The second-order valence-electron chi connectivity index (χ2n) is 3.68. The zero-order chi connectivity index (χ0) is 11.1. The molecule has 0 aromatic rings. The van der Waals surface area contributed by atoms with Crippen LogP contribution in [0.2, 0.25) is 0 Å². The van der Waals surface area contributed by atoms with Gasteiger partial charge in [0.2, 0.25) is 11.9 Å². The molecule has 0 aromatic heterocycles. The average molecular weight is 214 g/mol. The monoisotopic (exact) mass is 214 g/mol. The number of hydrogen-bond acceptors (Lipinski definition) is 6. The van der Waals surface area contributed by atoms with Crippen LogP contribution >= 0.6 is 0 Å². The minimum atomic E-state index is 0.610.